The molecule has 3 amide bonds. The molecule has 0 spiro atoms. The van der Waals surface area contributed by atoms with Crippen LogP contribution in [0.5, 0.6) is 0 Å². The van der Waals surface area contributed by atoms with Gasteiger partial charge in [0.2, 0.25) is 5.89 Å². The van der Waals surface area contributed by atoms with Crippen LogP contribution in [-0.4, -0.2) is 50.8 Å². The summed E-state index contributed by atoms with van der Waals surface area (Å²) in [4.78, 5) is 30.6. The third-order valence-corrected chi connectivity index (χ3v) is 4.45. The Kier molecular flexibility index (Phi) is 5.43. The van der Waals surface area contributed by atoms with Gasteiger partial charge in [-0.05, 0) is 12.8 Å². The van der Waals surface area contributed by atoms with E-state index in [-0.39, 0.29) is 11.9 Å². The minimum atomic E-state index is -0.407. The van der Waals surface area contributed by atoms with Crippen molar-refractivity contribution in [2.75, 3.05) is 13.6 Å². The minimum absolute atomic E-state index is 0.249. The van der Waals surface area contributed by atoms with Gasteiger partial charge in [-0.15, -0.1) is 0 Å². The van der Waals surface area contributed by atoms with Gasteiger partial charge in [0.15, 0.2) is 11.5 Å². The molecule has 0 fully saturated rings. The van der Waals surface area contributed by atoms with Crippen molar-refractivity contribution in [1.29, 1.82) is 0 Å². The molecule has 10 heteroatoms. The number of nitrogens with zero attached hydrogens (tertiary/aromatic N) is 4. The molecule has 3 heterocycles. The number of H-pyrrole nitrogens is 1. The van der Waals surface area contributed by atoms with Crippen molar-refractivity contribution in [3.8, 4) is 0 Å². The maximum atomic E-state index is 12.6. The van der Waals surface area contributed by atoms with Crippen LogP contribution in [0, 0.1) is 5.92 Å². The molecule has 0 saturated carbocycles. The molecule has 0 aliphatic carbocycles. The zero-order valence-electron chi connectivity index (χ0n) is 16.0. The van der Waals surface area contributed by atoms with Crippen LogP contribution < -0.4 is 10.6 Å². The van der Waals surface area contributed by atoms with Gasteiger partial charge in [0.05, 0.1) is 6.54 Å². The van der Waals surface area contributed by atoms with Crippen molar-refractivity contribution in [3.63, 3.8) is 0 Å². The van der Waals surface area contributed by atoms with Crippen molar-refractivity contribution in [2.45, 2.75) is 46.2 Å². The highest BCUT2D eigenvalue weighted by molar-refractivity contribution is 5.94. The lowest BCUT2D eigenvalue weighted by molar-refractivity contribution is 0.0955. The number of carbonyl (C=O) groups is 2. The van der Waals surface area contributed by atoms with Crippen molar-refractivity contribution in [3.05, 3.63) is 28.7 Å². The molecular weight excluding hydrogens is 350 g/mol. The highest BCUT2D eigenvalue weighted by atomic mass is 16.5. The van der Waals surface area contributed by atoms with Crippen LogP contribution in [0.3, 0.4) is 0 Å². The molecule has 0 aromatic carbocycles. The topological polar surface area (TPSA) is 129 Å². The van der Waals surface area contributed by atoms with Crippen LogP contribution in [0.1, 0.15) is 60.3 Å². The summed E-state index contributed by atoms with van der Waals surface area (Å²) in [5.41, 5.74) is 1.97. The number of urea groups is 1. The first-order chi connectivity index (χ1) is 12.9. The van der Waals surface area contributed by atoms with Gasteiger partial charge in [-0.3, -0.25) is 9.89 Å². The number of rotatable bonds is 5. The predicted molar refractivity (Wildman–Crippen MR) is 95.9 cm³/mol. The first-order valence-corrected chi connectivity index (χ1v) is 9.05. The van der Waals surface area contributed by atoms with E-state index in [2.05, 4.69) is 44.8 Å². The van der Waals surface area contributed by atoms with E-state index in [0.29, 0.717) is 42.8 Å². The average molecular weight is 375 g/mol. The Hall–Kier alpha value is -2.91. The smallest absolute Gasteiger partial charge is 0.318 e. The van der Waals surface area contributed by atoms with E-state index in [1.54, 1.807) is 18.9 Å². The summed E-state index contributed by atoms with van der Waals surface area (Å²) < 4.78 is 5.26. The van der Waals surface area contributed by atoms with E-state index in [4.69, 9.17) is 4.52 Å². The molecule has 2 aromatic rings. The van der Waals surface area contributed by atoms with Crippen molar-refractivity contribution < 1.29 is 14.1 Å². The number of aromatic nitrogens is 4. The molecule has 1 aliphatic rings. The van der Waals surface area contributed by atoms with E-state index in [9.17, 15) is 9.59 Å². The molecule has 0 saturated heterocycles. The number of nitrogens with one attached hydrogen (secondary N) is 3. The zero-order valence-corrected chi connectivity index (χ0v) is 16.0. The second kappa shape index (κ2) is 7.77. The molecular formula is C17H25N7O3. The fourth-order valence-electron chi connectivity index (χ4n) is 3.00. The van der Waals surface area contributed by atoms with Crippen LogP contribution >= 0.6 is 0 Å². The largest absolute Gasteiger partial charge is 0.354 e. The number of aromatic amines is 1. The van der Waals surface area contributed by atoms with Gasteiger partial charge in [-0.1, -0.05) is 19.0 Å². The molecule has 3 N–H and O–H groups in total. The Bertz CT molecular complexity index is 826. The number of carbonyl (C=O) groups excluding carboxylic acids is 2. The Morgan fingerprint density at radius 1 is 1.33 bits per heavy atom. The molecule has 0 radical (unpaired) electrons. The lowest BCUT2D eigenvalue weighted by Gasteiger charge is -2.28. The Morgan fingerprint density at radius 3 is 2.81 bits per heavy atom. The number of hydrogen-bond donors (Lipinski definition) is 3. The van der Waals surface area contributed by atoms with Crippen LogP contribution in [0.25, 0.3) is 0 Å². The molecule has 1 aliphatic heterocycles. The summed E-state index contributed by atoms with van der Waals surface area (Å²) in [5, 5.41) is 16.3. The summed E-state index contributed by atoms with van der Waals surface area (Å²) >= 11 is 0. The maximum absolute atomic E-state index is 12.6. The fraction of sp³-hybridized carbons (Fsp3) is 0.588. The van der Waals surface area contributed by atoms with Crippen LogP contribution in [-0.2, 0) is 19.4 Å². The van der Waals surface area contributed by atoms with Gasteiger partial charge in [-0.25, -0.2) is 4.79 Å². The minimum Gasteiger partial charge on any atom is -0.354 e. The summed E-state index contributed by atoms with van der Waals surface area (Å²) in [5.74, 6) is 1.17. The molecule has 146 valence electrons. The number of fused-ring (bicyclic) bond motifs is 1. The molecule has 27 heavy (non-hydrogen) atoms. The molecule has 0 unspecified atom stereocenters. The molecule has 2 aromatic heterocycles. The van der Waals surface area contributed by atoms with Gasteiger partial charge in [-0.2, -0.15) is 10.1 Å². The van der Waals surface area contributed by atoms with Gasteiger partial charge >= 0.3 is 6.03 Å². The maximum Gasteiger partial charge on any atom is 0.318 e. The Labute approximate surface area is 157 Å². The van der Waals surface area contributed by atoms with Gasteiger partial charge in [0.1, 0.15) is 6.04 Å². The molecule has 10 nitrogen and oxygen atoms in total. The quantitative estimate of drug-likeness (QED) is 0.720. The van der Waals surface area contributed by atoms with E-state index in [1.807, 2.05) is 0 Å². The summed E-state index contributed by atoms with van der Waals surface area (Å²) in [6.45, 7) is 6.80. The van der Waals surface area contributed by atoms with Crippen LogP contribution in [0.2, 0.25) is 0 Å². The Balaban J connectivity index is 1.64. The summed E-state index contributed by atoms with van der Waals surface area (Å²) in [7, 11) is 1.55. The van der Waals surface area contributed by atoms with Crippen molar-refractivity contribution in [1.82, 2.24) is 35.9 Å². The molecule has 3 rings (SSSR count). The standard InChI is InChI=1S/C17H25N7O3/c1-9(2)7-13-20-16(27-23-13)10(3)19-17(26)24-6-5-12-11(8-24)14(22-21-12)15(25)18-4/h9-10H,5-8H2,1-4H3,(H,18,25)(H,19,26)(H,21,22)/t10-/m1/s1. The Morgan fingerprint density at radius 2 is 2.11 bits per heavy atom. The number of hydrogen-bond acceptors (Lipinski definition) is 6. The highest BCUT2D eigenvalue weighted by Crippen LogP contribution is 2.21. The lowest BCUT2D eigenvalue weighted by atomic mass is 10.1. The van der Waals surface area contributed by atoms with E-state index >= 15 is 0 Å². The van der Waals surface area contributed by atoms with E-state index in [1.165, 1.54) is 0 Å². The van der Waals surface area contributed by atoms with Crippen LogP contribution in [0.4, 0.5) is 4.79 Å². The normalized spacial score (nSPS) is 14.8. The first-order valence-electron chi connectivity index (χ1n) is 9.05. The lowest BCUT2D eigenvalue weighted by Crippen LogP contribution is -2.44. The SMILES string of the molecule is CNC(=O)c1n[nH]c2c1CN(C(=O)N[C@H](C)c1nc(CC(C)C)no1)CC2. The van der Waals surface area contributed by atoms with Gasteiger partial charge < -0.3 is 20.1 Å². The van der Waals surface area contributed by atoms with E-state index in [0.717, 1.165) is 17.7 Å². The van der Waals surface area contributed by atoms with Crippen molar-refractivity contribution >= 4 is 11.9 Å². The fourth-order valence-corrected chi connectivity index (χ4v) is 3.00. The van der Waals surface area contributed by atoms with Gasteiger partial charge in [0, 0.05) is 37.7 Å². The highest BCUT2D eigenvalue weighted by Gasteiger charge is 2.28. The third kappa shape index (κ3) is 4.09. The first kappa shape index (κ1) is 18.9. The van der Waals surface area contributed by atoms with Crippen molar-refractivity contribution in [2.24, 2.45) is 5.92 Å². The number of amides is 3. The third-order valence-electron chi connectivity index (χ3n) is 4.45. The monoisotopic (exact) mass is 375 g/mol. The van der Waals surface area contributed by atoms with Crippen LogP contribution in [0.15, 0.2) is 4.52 Å². The predicted octanol–water partition coefficient (Wildman–Crippen LogP) is 1.18. The summed E-state index contributed by atoms with van der Waals surface area (Å²) in [6, 6.07) is -0.657. The molecule has 1 atom stereocenters. The zero-order chi connectivity index (χ0) is 19.6. The van der Waals surface area contributed by atoms with Gasteiger partial charge in [0.25, 0.3) is 5.91 Å². The second-order valence-corrected chi connectivity index (χ2v) is 7.10. The summed E-state index contributed by atoms with van der Waals surface area (Å²) in [6.07, 6.45) is 1.34. The average Bonchev–Trinajstić information content (AvgIpc) is 3.26. The molecule has 0 bridgehead atoms. The second-order valence-electron chi connectivity index (χ2n) is 7.10. The van der Waals surface area contributed by atoms with E-state index < -0.39 is 6.04 Å².